The molecule has 152 valence electrons. The van der Waals surface area contributed by atoms with Gasteiger partial charge in [0.15, 0.2) is 0 Å². The van der Waals surface area contributed by atoms with Crippen LogP contribution in [0.3, 0.4) is 0 Å². The van der Waals surface area contributed by atoms with E-state index in [2.05, 4.69) is 15.0 Å². The minimum Gasteiger partial charge on any atom is -0.508 e. The monoisotopic (exact) mass is 402 g/mol. The van der Waals surface area contributed by atoms with Crippen LogP contribution in [0.5, 0.6) is 11.5 Å². The minimum atomic E-state index is -2.93. The number of aromatic hydroxyl groups is 1. The number of halogens is 2. The number of ether oxygens (including phenoxy) is 2. The van der Waals surface area contributed by atoms with Crippen LogP contribution in [0.4, 0.5) is 8.78 Å². The van der Waals surface area contributed by atoms with Crippen LogP contribution < -0.4 is 10.1 Å². The first-order valence-corrected chi connectivity index (χ1v) is 9.05. The van der Waals surface area contributed by atoms with Crippen molar-refractivity contribution in [2.45, 2.75) is 31.5 Å². The maximum absolute atomic E-state index is 12.7. The third-order valence-electron chi connectivity index (χ3n) is 5.26. The molecule has 0 bridgehead atoms. The first-order valence-electron chi connectivity index (χ1n) is 9.05. The Hall–Kier alpha value is -3.13. The Morgan fingerprint density at radius 1 is 1.28 bits per heavy atom. The van der Waals surface area contributed by atoms with Gasteiger partial charge in [-0.2, -0.15) is 8.78 Å². The number of nitrogens with one attached hydrogen (secondary N) is 2. The molecule has 3 aromatic rings. The molecule has 1 aliphatic heterocycles. The second-order valence-corrected chi connectivity index (χ2v) is 7.28. The second-order valence-electron chi connectivity index (χ2n) is 7.28. The van der Waals surface area contributed by atoms with E-state index in [1.165, 1.54) is 13.2 Å². The van der Waals surface area contributed by atoms with E-state index in [0.717, 1.165) is 22.3 Å². The Bertz CT molecular complexity index is 1080. The molecule has 3 N–H and O–H groups in total. The molecule has 1 aromatic heterocycles. The number of phenolic OH excluding ortho intramolecular Hbond substituents is 1. The van der Waals surface area contributed by atoms with E-state index >= 15 is 0 Å². The van der Waals surface area contributed by atoms with E-state index in [0.29, 0.717) is 11.8 Å². The summed E-state index contributed by atoms with van der Waals surface area (Å²) in [5, 5.41) is 13.9. The topological polar surface area (TPSA) is 83.6 Å². The number of carbonyl (C=O) groups excluding carboxylic acids is 1. The number of hydrogen-bond donors (Lipinski definition) is 3. The maximum Gasteiger partial charge on any atom is 0.387 e. The van der Waals surface area contributed by atoms with Gasteiger partial charge in [0.05, 0.1) is 13.2 Å². The fourth-order valence-corrected chi connectivity index (χ4v) is 3.97. The van der Waals surface area contributed by atoms with Crippen LogP contribution in [-0.4, -0.2) is 35.3 Å². The largest absolute Gasteiger partial charge is 0.508 e. The molecule has 0 saturated carbocycles. The van der Waals surface area contributed by atoms with E-state index in [1.807, 2.05) is 6.07 Å². The van der Waals surface area contributed by atoms with E-state index in [-0.39, 0.29) is 11.5 Å². The van der Waals surface area contributed by atoms with Gasteiger partial charge in [-0.15, -0.1) is 0 Å². The first-order chi connectivity index (χ1) is 13.8. The number of methoxy groups -OCH3 is 1. The summed E-state index contributed by atoms with van der Waals surface area (Å²) in [6, 6.07) is 11.0. The van der Waals surface area contributed by atoms with Crippen molar-refractivity contribution in [2.24, 2.45) is 0 Å². The lowest BCUT2D eigenvalue weighted by atomic mass is 9.82. The number of phenols is 1. The number of H-pyrrole nitrogens is 1. The van der Waals surface area contributed by atoms with Crippen LogP contribution in [-0.2, 0) is 16.0 Å². The van der Waals surface area contributed by atoms with Gasteiger partial charge in [0, 0.05) is 23.0 Å². The molecule has 29 heavy (non-hydrogen) atoms. The molecular formula is C21H20F2N2O4. The SMILES string of the molecule is COC(=O)[C@@]1(C)Cc2c([nH]c3ccc(OC(F)F)cc23)[C@@H](c2cccc(O)c2)N1. The Morgan fingerprint density at radius 3 is 2.76 bits per heavy atom. The Labute approximate surface area is 165 Å². The predicted molar refractivity (Wildman–Crippen MR) is 102 cm³/mol. The van der Waals surface area contributed by atoms with Crippen LogP contribution in [0.1, 0.15) is 29.8 Å². The van der Waals surface area contributed by atoms with Crippen molar-refractivity contribution in [2.75, 3.05) is 7.11 Å². The van der Waals surface area contributed by atoms with Gasteiger partial charge in [0.25, 0.3) is 0 Å². The number of aromatic nitrogens is 1. The van der Waals surface area contributed by atoms with Gasteiger partial charge in [0.2, 0.25) is 0 Å². The molecule has 2 heterocycles. The minimum absolute atomic E-state index is 0.0431. The standard InChI is InChI=1S/C21H20F2N2O4/c1-21(19(27)28-2)10-15-14-9-13(29-20(22)23)6-7-16(14)24-18(15)17(25-21)11-4-3-5-12(26)8-11/h3-9,17,20,24-26H,10H2,1-2H3/t17-,21-/m1/s1. The number of alkyl halides is 2. The van der Waals surface area contributed by atoms with E-state index in [9.17, 15) is 18.7 Å². The van der Waals surface area contributed by atoms with Crippen molar-refractivity contribution in [3.8, 4) is 11.5 Å². The number of aromatic amines is 1. The Morgan fingerprint density at radius 2 is 2.07 bits per heavy atom. The molecule has 2 atom stereocenters. The zero-order chi connectivity index (χ0) is 20.8. The molecule has 0 spiro atoms. The van der Waals surface area contributed by atoms with Crippen molar-refractivity contribution in [3.05, 3.63) is 59.3 Å². The molecule has 2 aromatic carbocycles. The summed E-state index contributed by atoms with van der Waals surface area (Å²) in [5.41, 5.74) is 2.03. The van der Waals surface area contributed by atoms with Gasteiger partial charge in [-0.25, -0.2) is 0 Å². The lowest BCUT2D eigenvalue weighted by Gasteiger charge is -2.37. The van der Waals surface area contributed by atoms with Gasteiger partial charge in [-0.1, -0.05) is 12.1 Å². The number of esters is 1. The summed E-state index contributed by atoms with van der Waals surface area (Å²) in [5.74, 6) is -0.302. The lowest BCUT2D eigenvalue weighted by molar-refractivity contribution is -0.148. The molecule has 0 unspecified atom stereocenters. The van der Waals surface area contributed by atoms with Crippen molar-refractivity contribution in [1.82, 2.24) is 10.3 Å². The molecule has 0 aliphatic carbocycles. The quantitative estimate of drug-likeness (QED) is 0.581. The first kappa shape index (κ1) is 19.2. The van der Waals surface area contributed by atoms with Crippen molar-refractivity contribution in [1.29, 1.82) is 0 Å². The van der Waals surface area contributed by atoms with Crippen LogP contribution in [0.15, 0.2) is 42.5 Å². The highest BCUT2D eigenvalue weighted by Crippen LogP contribution is 2.40. The molecule has 0 amide bonds. The van der Waals surface area contributed by atoms with Gasteiger partial charge < -0.3 is 19.6 Å². The van der Waals surface area contributed by atoms with E-state index in [1.54, 1.807) is 37.3 Å². The zero-order valence-electron chi connectivity index (χ0n) is 15.8. The summed E-state index contributed by atoms with van der Waals surface area (Å²) < 4.78 is 34.9. The van der Waals surface area contributed by atoms with E-state index in [4.69, 9.17) is 4.74 Å². The van der Waals surface area contributed by atoms with Crippen molar-refractivity contribution < 1.29 is 28.2 Å². The summed E-state index contributed by atoms with van der Waals surface area (Å²) >= 11 is 0. The van der Waals surface area contributed by atoms with Gasteiger partial charge >= 0.3 is 12.6 Å². The highest BCUT2D eigenvalue weighted by Gasteiger charge is 2.43. The zero-order valence-corrected chi connectivity index (χ0v) is 15.8. The lowest BCUT2D eigenvalue weighted by Crippen LogP contribution is -2.56. The second kappa shape index (κ2) is 7.04. The van der Waals surface area contributed by atoms with E-state index < -0.39 is 24.2 Å². The highest BCUT2D eigenvalue weighted by atomic mass is 19.3. The normalized spacial score (nSPS) is 21.2. The molecular weight excluding hydrogens is 382 g/mol. The third kappa shape index (κ3) is 3.40. The molecule has 4 rings (SSSR count). The highest BCUT2D eigenvalue weighted by molar-refractivity contribution is 5.89. The van der Waals surface area contributed by atoms with Crippen molar-refractivity contribution >= 4 is 16.9 Å². The number of rotatable bonds is 4. The fourth-order valence-electron chi connectivity index (χ4n) is 3.97. The van der Waals surface area contributed by atoms with Crippen molar-refractivity contribution in [3.63, 3.8) is 0 Å². The molecule has 0 saturated heterocycles. The Balaban J connectivity index is 1.90. The average Bonchev–Trinajstić information content (AvgIpc) is 3.04. The summed E-state index contributed by atoms with van der Waals surface area (Å²) in [6.07, 6.45) is 0.294. The molecule has 8 heteroatoms. The summed E-state index contributed by atoms with van der Waals surface area (Å²) in [7, 11) is 1.32. The molecule has 1 aliphatic rings. The number of hydrogen-bond acceptors (Lipinski definition) is 5. The average molecular weight is 402 g/mol. The molecule has 0 radical (unpaired) electrons. The third-order valence-corrected chi connectivity index (χ3v) is 5.26. The Kier molecular flexibility index (Phi) is 4.66. The summed E-state index contributed by atoms with van der Waals surface area (Å²) in [4.78, 5) is 15.9. The van der Waals surface area contributed by atoms with Crippen LogP contribution in [0.25, 0.3) is 10.9 Å². The molecule has 6 nitrogen and oxygen atoms in total. The van der Waals surface area contributed by atoms with Crippen LogP contribution in [0, 0.1) is 0 Å². The molecule has 0 fully saturated rings. The van der Waals surface area contributed by atoms with Crippen LogP contribution in [0.2, 0.25) is 0 Å². The fraction of sp³-hybridized carbons (Fsp3) is 0.286. The van der Waals surface area contributed by atoms with Crippen LogP contribution >= 0.6 is 0 Å². The van der Waals surface area contributed by atoms with Gasteiger partial charge in [0.1, 0.15) is 17.0 Å². The number of carbonyl (C=O) groups is 1. The predicted octanol–water partition coefficient (Wildman–Crippen LogP) is 3.64. The summed E-state index contributed by atoms with van der Waals surface area (Å²) in [6.45, 7) is -1.19. The van der Waals surface area contributed by atoms with Gasteiger partial charge in [-0.3, -0.25) is 10.1 Å². The number of benzene rings is 2. The maximum atomic E-state index is 12.7. The van der Waals surface area contributed by atoms with Gasteiger partial charge in [-0.05, 0) is 48.4 Å². The number of fused-ring (bicyclic) bond motifs is 3. The smallest absolute Gasteiger partial charge is 0.387 e.